The molecule has 1 aromatic rings. The molecule has 2 rings (SSSR count). The second-order valence-corrected chi connectivity index (χ2v) is 7.22. The quantitative estimate of drug-likeness (QED) is 0.858. The summed E-state index contributed by atoms with van der Waals surface area (Å²) in [4.78, 5) is 12.0. The number of carboxylic acids is 1. The van der Waals surface area contributed by atoms with Crippen molar-refractivity contribution >= 4 is 5.97 Å². The number of hydrogen-bond donors (Lipinski definition) is 1. The number of benzene rings is 1. The van der Waals surface area contributed by atoms with Crippen molar-refractivity contribution in [2.45, 2.75) is 52.9 Å². The van der Waals surface area contributed by atoms with E-state index in [0.717, 1.165) is 12.0 Å². The van der Waals surface area contributed by atoms with Gasteiger partial charge in [0.2, 0.25) is 0 Å². The minimum Gasteiger partial charge on any atom is -0.481 e. The molecular formula is C19H28O2. The summed E-state index contributed by atoms with van der Waals surface area (Å²) in [6.07, 6.45) is 3.44. The molecule has 0 heterocycles. The maximum Gasteiger partial charge on any atom is 0.311 e. The Labute approximate surface area is 128 Å². The first kappa shape index (κ1) is 16.1. The van der Waals surface area contributed by atoms with Gasteiger partial charge in [0.15, 0.2) is 0 Å². The molecule has 1 aromatic carbocycles. The van der Waals surface area contributed by atoms with E-state index >= 15 is 0 Å². The highest BCUT2D eigenvalue weighted by molar-refractivity contribution is 5.76. The molecule has 116 valence electrons. The maximum atomic E-state index is 12.0. The molecular weight excluding hydrogens is 260 g/mol. The van der Waals surface area contributed by atoms with Crippen LogP contribution < -0.4 is 0 Å². The van der Waals surface area contributed by atoms with Crippen LogP contribution in [0.4, 0.5) is 0 Å². The van der Waals surface area contributed by atoms with Crippen LogP contribution in [0.5, 0.6) is 0 Å². The summed E-state index contributed by atoms with van der Waals surface area (Å²) in [6.45, 7) is 8.78. The zero-order valence-corrected chi connectivity index (χ0v) is 13.7. The predicted octanol–water partition coefficient (Wildman–Crippen LogP) is 4.87. The minimum absolute atomic E-state index is 0.258. The van der Waals surface area contributed by atoms with E-state index in [1.54, 1.807) is 0 Å². The van der Waals surface area contributed by atoms with Crippen molar-refractivity contribution in [3.8, 4) is 0 Å². The van der Waals surface area contributed by atoms with E-state index in [4.69, 9.17) is 0 Å². The van der Waals surface area contributed by atoms with Crippen LogP contribution in [-0.4, -0.2) is 11.1 Å². The summed E-state index contributed by atoms with van der Waals surface area (Å²) in [6, 6.07) is 8.07. The number of aliphatic carboxylic acids is 1. The van der Waals surface area contributed by atoms with E-state index in [9.17, 15) is 9.90 Å². The van der Waals surface area contributed by atoms with Gasteiger partial charge in [0.25, 0.3) is 0 Å². The molecule has 1 aliphatic rings. The fraction of sp³-hybridized carbons (Fsp3) is 0.632. The lowest BCUT2D eigenvalue weighted by Crippen LogP contribution is -2.35. The van der Waals surface area contributed by atoms with Crippen molar-refractivity contribution in [2.75, 3.05) is 0 Å². The Bertz CT molecular complexity index is 475. The Morgan fingerprint density at radius 1 is 1.14 bits per heavy atom. The van der Waals surface area contributed by atoms with Crippen LogP contribution in [0, 0.1) is 30.6 Å². The van der Waals surface area contributed by atoms with Gasteiger partial charge in [0.05, 0.1) is 5.92 Å². The van der Waals surface area contributed by atoms with Gasteiger partial charge in [-0.1, -0.05) is 57.0 Å². The number of hydrogen-bond acceptors (Lipinski definition) is 1. The van der Waals surface area contributed by atoms with Crippen LogP contribution in [0.25, 0.3) is 0 Å². The summed E-state index contributed by atoms with van der Waals surface area (Å²) >= 11 is 0. The van der Waals surface area contributed by atoms with E-state index in [1.165, 1.54) is 18.4 Å². The largest absolute Gasteiger partial charge is 0.481 e. The van der Waals surface area contributed by atoms with Crippen molar-refractivity contribution in [1.82, 2.24) is 0 Å². The van der Waals surface area contributed by atoms with Crippen LogP contribution in [0.15, 0.2) is 24.3 Å². The van der Waals surface area contributed by atoms with Crippen LogP contribution in [0.3, 0.4) is 0 Å². The first-order valence-electron chi connectivity index (χ1n) is 8.19. The Hall–Kier alpha value is -1.31. The Morgan fingerprint density at radius 2 is 1.76 bits per heavy atom. The topological polar surface area (TPSA) is 37.3 Å². The maximum absolute atomic E-state index is 12.0. The molecule has 0 saturated heterocycles. The van der Waals surface area contributed by atoms with Gasteiger partial charge in [-0.05, 0) is 49.0 Å². The van der Waals surface area contributed by atoms with Gasteiger partial charge >= 0.3 is 5.97 Å². The number of rotatable bonds is 4. The monoisotopic (exact) mass is 288 g/mol. The molecule has 1 N–H and O–H groups in total. The van der Waals surface area contributed by atoms with Crippen LogP contribution in [0.2, 0.25) is 0 Å². The predicted molar refractivity (Wildman–Crippen MR) is 86.4 cm³/mol. The molecule has 1 saturated carbocycles. The summed E-state index contributed by atoms with van der Waals surface area (Å²) in [5.41, 5.74) is 2.15. The van der Waals surface area contributed by atoms with E-state index < -0.39 is 5.97 Å². The zero-order valence-electron chi connectivity index (χ0n) is 13.7. The molecule has 0 bridgehead atoms. The molecule has 2 nitrogen and oxygen atoms in total. The number of carbonyl (C=O) groups is 1. The molecule has 0 spiro atoms. The molecule has 0 amide bonds. The highest BCUT2D eigenvalue weighted by Gasteiger charge is 2.39. The van der Waals surface area contributed by atoms with Gasteiger partial charge in [-0.2, -0.15) is 0 Å². The van der Waals surface area contributed by atoms with Gasteiger partial charge < -0.3 is 5.11 Å². The third kappa shape index (κ3) is 3.66. The van der Waals surface area contributed by atoms with Gasteiger partial charge in [0, 0.05) is 0 Å². The molecule has 2 heteroatoms. The molecule has 0 aliphatic heterocycles. The fourth-order valence-corrected chi connectivity index (χ4v) is 4.01. The molecule has 21 heavy (non-hydrogen) atoms. The smallest absolute Gasteiger partial charge is 0.311 e. The first-order chi connectivity index (χ1) is 9.90. The molecule has 1 fully saturated rings. The molecule has 0 radical (unpaired) electrons. The van der Waals surface area contributed by atoms with Crippen LogP contribution in [-0.2, 0) is 4.79 Å². The highest BCUT2D eigenvalue weighted by Crippen LogP contribution is 2.45. The van der Waals surface area contributed by atoms with E-state index in [0.29, 0.717) is 17.8 Å². The summed E-state index contributed by atoms with van der Waals surface area (Å²) in [5.74, 6) is 0.939. The van der Waals surface area contributed by atoms with Crippen molar-refractivity contribution in [2.24, 2.45) is 23.7 Å². The molecule has 0 aromatic heterocycles. The van der Waals surface area contributed by atoms with Crippen molar-refractivity contribution in [3.05, 3.63) is 35.4 Å². The molecule has 1 aliphatic carbocycles. The fourth-order valence-electron chi connectivity index (χ4n) is 4.01. The van der Waals surface area contributed by atoms with Gasteiger partial charge in [-0.25, -0.2) is 0 Å². The lowest BCUT2D eigenvalue weighted by molar-refractivity contribution is -0.141. The average Bonchev–Trinajstić information content (AvgIpc) is 2.40. The summed E-state index contributed by atoms with van der Waals surface area (Å²) in [7, 11) is 0. The zero-order chi connectivity index (χ0) is 15.6. The SMILES string of the molecule is Cc1ccc([C@@H](C(=O)O)C2CC(C)CCC2C(C)C)cc1. The second kappa shape index (κ2) is 6.64. The lowest BCUT2D eigenvalue weighted by Gasteiger charge is -2.40. The second-order valence-electron chi connectivity index (χ2n) is 7.22. The molecule has 3 unspecified atom stereocenters. The number of aryl methyl sites for hydroxylation is 1. The van der Waals surface area contributed by atoms with E-state index in [2.05, 4.69) is 20.8 Å². The third-order valence-electron chi connectivity index (χ3n) is 5.20. The normalized spacial score (nSPS) is 27.6. The van der Waals surface area contributed by atoms with Gasteiger partial charge in [-0.3, -0.25) is 4.79 Å². The lowest BCUT2D eigenvalue weighted by atomic mass is 9.64. The van der Waals surface area contributed by atoms with Crippen molar-refractivity contribution in [3.63, 3.8) is 0 Å². The highest BCUT2D eigenvalue weighted by atomic mass is 16.4. The Morgan fingerprint density at radius 3 is 2.29 bits per heavy atom. The van der Waals surface area contributed by atoms with Gasteiger partial charge in [-0.15, -0.1) is 0 Å². The Balaban J connectivity index is 2.34. The average molecular weight is 288 g/mol. The standard InChI is InChI=1S/C19H28O2/c1-12(2)16-10-7-14(4)11-17(16)18(19(20)21)15-8-5-13(3)6-9-15/h5-6,8-9,12,14,16-18H,7,10-11H2,1-4H3,(H,20,21)/t14?,16?,17?,18-/m1/s1. The first-order valence-corrected chi connectivity index (χ1v) is 8.19. The van der Waals surface area contributed by atoms with Crippen molar-refractivity contribution < 1.29 is 9.90 Å². The minimum atomic E-state index is -0.663. The van der Waals surface area contributed by atoms with Crippen LogP contribution in [0.1, 0.15) is 57.1 Å². The van der Waals surface area contributed by atoms with E-state index in [1.807, 2.05) is 31.2 Å². The van der Waals surface area contributed by atoms with Gasteiger partial charge in [0.1, 0.15) is 0 Å². The summed E-state index contributed by atoms with van der Waals surface area (Å²) < 4.78 is 0. The van der Waals surface area contributed by atoms with E-state index in [-0.39, 0.29) is 11.8 Å². The third-order valence-corrected chi connectivity index (χ3v) is 5.20. The number of carboxylic acid groups (broad SMARTS) is 1. The van der Waals surface area contributed by atoms with Crippen molar-refractivity contribution in [1.29, 1.82) is 0 Å². The summed E-state index contributed by atoms with van der Waals surface area (Å²) in [5, 5.41) is 9.83. The Kier molecular flexibility index (Phi) is 5.08. The van der Waals surface area contributed by atoms with Crippen LogP contribution >= 0.6 is 0 Å². The molecule has 4 atom stereocenters.